The fourth-order valence-electron chi connectivity index (χ4n) is 2.60. The van der Waals surface area contributed by atoms with Crippen LogP contribution in [0.2, 0.25) is 0 Å². The Kier molecular flexibility index (Phi) is 3.02. The van der Waals surface area contributed by atoms with Gasteiger partial charge in [0, 0.05) is 29.2 Å². The molecule has 3 rings (SSSR count). The van der Waals surface area contributed by atoms with E-state index < -0.39 is 12.7 Å². The average molecular weight is 308 g/mol. The zero-order valence-corrected chi connectivity index (χ0v) is 13.5. The summed E-state index contributed by atoms with van der Waals surface area (Å²) < 4.78 is 33.0. The first-order chi connectivity index (χ1) is 12.6. The van der Waals surface area contributed by atoms with Crippen molar-refractivity contribution in [2.45, 2.75) is 26.6 Å². The highest BCUT2D eigenvalue weighted by atomic mass is 14.9. The molecule has 2 aromatic heterocycles. The monoisotopic (exact) mass is 308 g/mol. The van der Waals surface area contributed by atoms with Gasteiger partial charge in [-0.05, 0) is 30.7 Å². The molecule has 116 valence electrons. The molecule has 2 heterocycles. The molecule has 3 heteroatoms. The predicted molar refractivity (Wildman–Crippen MR) is 92.9 cm³/mol. The van der Waals surface area contributed by atoms with Gasteiger partial charge in [-0.3, -0.25) is 0 Å². The third-order valence-corrected chi connectivity index (χ3v) is 3.84. The van der Waals surface area contributed by atoms with Crippen molar-refractivity contribution in [3.05, 3.63) is 66.2 Å². The van der Waals surface area contributed by atoms with Gasteiger partial charge >= 0.3 is 0 Å². The van der Waals surface area contributed by atoms with E-state index in [1.54, 1.807) is 6.07 Å². The minimum Gasteiger partial charge on any atom is -0.241 e. The van der Waals surface area contributed by atoms with Gasteiger partial charge in [0.25, 0.3) is 0 Å². The van der Waals surface area contributed by atoms with Crippen molar-refractivity contribution in [3.63, 3.8) is 0 Å². The molecule has 23 heavy (non-hydrogen) atoms. The first-order valence-corrected chi connectivity index (χ1v) is 7.51. The molecule has 0 amide bonds. The molecule has 0 aliphatic carbocycles. The lowest BCUT2D eigenvalue weighted by Gasteiger charge is -2.07. The maximum absolute atomic E-state index is 8.20. The van der Waals surface area contributed by atoms with Crippen molar-refractivity contribution in [2.75, 3.05) is 0 Å². The smallest absolute Gasteiger partial charge is 0.212 e. The summed E-state index contributed by atoms with van der Waals surface area (Å²) in [5.74, 6) is -1.88. The van der Waals surface area contributed by atoms with E-state index in [0.29, 0.717) is 5.69 Å². The van der Waals surface area contributed by atoms with Crippen LogP contribution in [-0.2, 0) is 7.05 Å². The molecule has 1 atom stereocenters. The Labute approximate surface area is 143 Å². The number of rotatable bonds is 3. The average Bonchev–Trinajstić information content (AvgIpc) is 2.61. The van der Waals surface area contributed by atoms with E-state index >= 15 is 0 Å². The highest BCUT2D eigenvalue weighted by Gasteiger charge is 2.14. The highest BCUT2D eigenvalue weighted by Crippen LogP contribution is 2.23. The summed E-state index contributed by atoms with van der Waals surface area (Å²) in [6.45, 7) is 0.884. The van der Waals surface area contributed by atoms with E-state index in [1.807, 2.05) is 42.1 Å². The lowest BCUT2D eigenvalue weighted by Crippen LogP contribution is -2.31. The van der Waals surface area contributed by atoms with Gasteiger partial charge in [0.15, 0.2) is 6.20 Å². The van der Waals surface area contributed by atoms with Crippen molar-refractivity contribution in [3.8, 4) is 22.5 Å². The van der Waals surface area contributed by atoms with Gasteiger partial charge in [-0.2, -0.15) is 0 Å². The van der Waals surface area contributed by atoms with Crippen molar-refractivity contribution < 1.29 is 10.1 Å². The van der Waals surface area contributed by atoms with E-state index in [4.69, 9.17) is 5.48 Å². The van der Waals surface area contributed by atoms with Crippen LogP contribution in [0.1, 0.15) is 36.5 Å². The van der Waals surface area contributed by atoms with Gasteiger partial charge in [0.05, 0.1) is 11.3 Å². The van der Waals surface area contributed by atoms with Crippen LogP contribution in [0.15, 0.2) is 54.9 Å². The topological polar surface area (TPSA) is 29.7 Å². The molecule has 0 aliphatic heterocycles. The van der Waals surface area contributed by atoms with Crippen LogP contribution in [0, 0.1) is 6.92 Å². The molecule has 3 aromatic rings. The number of aryl methyl sites for hydroxylation is 2. The molecule has 0 saturated heterocycles. The summed E-state index contributed by atoms with van der Waals surface area (Å²) in [6.07, 6.45) is 3.45. The van der Waals surface area contributed by atoms with Crippen molar-refractivity contribution in [2.24, 2.45) is 7.05 Å². The van der Waals surface area contributed by atoms with Gasteiger partial charge in [-0.1, -0.05) is 32.0 Å². The van der Waals surface area contributed by atoms with Crippen LogP contribution in [0.4, 0.5) is 0 Å². The van der Waals surface area contributed by atoms with Crippen LogP contribution >= 0.6 is 0 Å². The molecular weight excluding hydrogens is 282 g/mol. The van der Waals surface area contributed by atoms with E-state index in [2.05, 4.69) is 29.0 Å². The molecule has 0 N–H and O–H groups in total. The Balaban J connectivity index is 2.03. The van der Waals surface area contributed by atoms with Gasteiger partial charge in [-0.15, -0.1) is 0 Å². The molecular formula is C20H22N3+. The zero-order chi connectivity index (χ0) is 19.8. The Morgan fingerprint density at radius 3 is 2.74 bits per heavy atom. The molecule has 1 aromatic carbocycles. The maximum atomic E-state index is 8.20. The molecule has 3 nitrogen and oxygen atoms in total. The summed E-state index contributed by atoms with van der Waals surface area (Å²) in [5.41, 5.74) is 4.83. The standard InChI is InChI=1S/C20H22N3/c1-14(2)20-21-12-11-18(22-20)16-9-10-19(23(4)13-16)17-8-6-5-7-15(17)3/h5-14H,1-4H3/q+1/i1D3,14D. The largest absolute Gasteiger partial charge is 0.241 e. The number of aromatic nitrogens is 3. The van der Waals surface area contributed by atoms with Gasteiger partial charge in [0.2, 0.25) is 5.69 Å². The molecule has 0 fully saturated rings. The second-order valence-electron chi connectivity index (χ2n) is 5.62. The Hall–Kier alpha value is -2.55. The van der Waals surface area contributed by atoms with Crippen LogP contribution in [0.25, 0.3) is 22.5 Å². The number of pyridine rings is 1. The summed E-state index contributed by atoms with van der Waals surface area (Å²) >= 11 is 0. The highest BCUT2D eigenvalue weighted by molar-refractivity contribution is 5.64. The van der Waals surface area contributed by atoms with Crippen molar-refractivity contribution in [1.29, 1.82) is 0 Å². The molecule has 0 bridgehead atoms. The van der Waals surface area contributed by atoms with E-state index in [1.165, 1.54) is 18.7 Å². The van der Waals surface area contributed by atoms with Crippen LogP contribution in [-0.4, -0.2) is 9.97 Å². The van der Waals surface area contributed by atoms with Gasteiger partial charge in [0.1, 0.15) is 12.9 Å². The quantitative estimate of drug-likeness (QED) is 0.683. The molecule has 1 unspecified atom stereocenters. The van der Waals surface area contributed by atoms with Crippen molar-refractivity contribution in [1.82, 2.24) is 9.97 Å². The number of hydrogen-bond acceptors (Lipinski definition) is 2. The third kappa shape index (κ3) is 3.14. The summed E-state index contributed by atoms with van der Waals surface area (Å²) in [5, 5.41) is 0. The van der Waals surface area contributed by atoms with E-state index in [0.717, 1.165) is 16.8 Å². The predicted octanol–water partition coefficient (Wildman–Crippen LogP) is 4.07. The Bertz CT molecular complexity index is 981. The second kappa shape index (κ2) is 6.29. The second-order valence-corrected chi connectivity index (χ2v) is 5.62. The minimum absolute atomic E-state index is 0.00867. The fraction of sp³-hybridized carbons (Fsp3) is 0.250. The zero-order valence-electron chi connectivity index (χ0n) is 17.5. The van der Waals surface area contributed by atoms with Gasteiger partial charge < -0.3 is 0 Å². The van der Waals surface area contributed by atoms with Crippen molar-refractivity contribution >= 4 is 0 Å². The normalized spacial score (nSPS) is 16.7. The first-order valence-electron chi connectivity index (χ1n) is 9.51. The maximum Gasteiger partial charge on any atom is 0.212 e. The first kappa shape index (κ1) is 11.1. The molecule has 0 spiro atoms. The lowest BCUT2D eigenvalue weighted by molar-refractivity contribution is -0.659. The lowest BCUT2D eigenvalue weighted by atomic mass is 10.0. The van der Waals surface area contributed by atoms with Crippen LogP contribution in [0.5, 0.6) is 0 Å². The number of hydrogen-bond donors (Lipinski definition) is 0. The number of benzene rings is 1. The Morgan fingerprint density at radius 1 is 1.17 bits per heavy atom. The van der Waals surface area contributed by atoms with Crippen LogP contribution < -0.4 is 4.57 Å². The van der Waals surface area contributed by atoms with Crippen LogP contribution in [0.3, 0.4) is 0 Å². The SMILES string of the molecule is [2H]C([2H])([2H])C([2H])(C)c1nccc(-c2ccc(-c3ccccc3C)[n+](C)c2)n1. The summed E-state index contributed by atoms with van der Waals surface area (Å²) in [7, 11) is 1.96. The molecule has 0 aliphatic rings. The van der Waals surface area contributed by atoms with E-state index in [9.17, 15) is 0 Å². The fourth-order valence-corrected chi connectivity index (χ4v) is 2.60. The molecule has 0 radical (unpaired) electrons. The van der Waals surface area contributed by atoms with E-state index in [-0.39, 0.29) is 5.82 Å². The third-order valence-electron chi connectivity index (χ3n) is 3.84. The number of nitrogens with zero attached hydrogens (tertiary/aromatic N) is 3. The minimum atomic E-state index is -2.51. The summed E-state index contributed by atoms with van der Waals surface area (Å²) in [6, 6.07) is 13.9. The Morgan fingerprint density at radius 2 is 2.00 bits per heavy atom. The molecule has 0 saturated carbocycles. The van der Waals surface area contributed by atoms with Gasteiger partial charge in [-0.25, -0.2) is 14.5 Å². The summed E-state index contributed by atoms with van der Waals surface area (Å²) in [4.78, 5) is 8.41.